The third-order valence-corrected chi connectivity index (χ3v) is 3.84. The van der Waals surface area contributed by atoms with E-state index >= 15 is 0 Å². The number of rotatable bonds is 8. The molecule has 0 amide bonds. The van der Waals surface area contributed by atoms with Crippen LogP contribution in [0.4, 0.5) is 0 Å². The van der Waals surface area contributed by atoms with Crippen LogP contribution in [-0.4, -0.2) is 31.2 Å². The summed E-state index contributed by atoms with van der Waals surface area (Å²) in [6.45, 7) is 7.87. The minimum atomic E-state index is -3.78. The molecule has 110 valence electrons. The number of halogens is 1. The fourth-order valence-corrected chi connectivity index (χ4v) is 2.35. The largest absolute Gasteiger partial charge is 0.380 e. The lowest BCUT2D eigenvalue weighted by molar-refractivity contribution is 0.122. The van der Waals surface area contributed by atoms with Crippen LogP contribution in [0.3, 0.4) is 0 Å². The van der Waals surface area contributed by atoms with Crippen molar-refractivity contribution in [2.45, 2.75) is 51.1 Å². The normalized spacial score (nSPS) is 12.3. The summed E-state index contributed by atoms with van der Waals surface area (Å²) in [5.74, 6) is 0.834. The maximum Gasteiger partial charge on any atom is 0.280 e. The Bertz CT molecular complexity index is 497. The second-order valence-corrected chi connectivity index (χ2v) is 7.20. The molecule has 0 radical (unpaired) electrons. The number of aromatic nitrogens is 2. The van der Waals surface area contributed by atoms with Gasteiger partial charge < -0.3 is 9.30 Å². The predicted octanol–water partition coefficient (Wildman–Crippen LogP) is 2.75. The summed E-state index contributed by atoms with van der Waals surface area (Å²) in [6, 6.07) is 0. The fourth-order valence-electron chi connectivity index (χ4n) is 1.67. The van der Waals surface area contributed by atoms with E-state index in [2.05, 4.69) is 11.9 Å². The van der Waals surface area contributed by atoms with Gasteiger partial charge in [0.2, 0.25) is 0 Å². The van der Waals surface area contributed by atoms with Crippen molar-refractivity contribution in [3.63, 3.8) is 0 Å². The number of hydrogen-bond acceptors (Lipinski definition) is 4. The first-order valence-corrected chi connectivity index (χ1v) is 8.76. The highest BCUT2D eigenvalue weighted by atomic mass is 35.7. The highest BCUT2D eigenvalue weighted by Crippen LogP contribution is 2.19. The van der Waals surface area contributed by atoms with Crippen molar-refractivity contribution >= 4 is 19.7 Å². The minimum absolute atomic E-state index is 0.0913. The molecule has 0 unspecified atom stereocenters. The highest BCUT2D eigenvalue weighted by molar-refractivity contribution is 8.13. The van der Waals surface area contributed by atoms with Gasteiger partial charge in [-0.2, -0.15) is 0 Å². The Labute approximate surface area is 119 Å². The van der Waals surface area contributed by atoms with Gasteiger partial charge in [0.05, 0.1) is 6.61 Å². The van der Waals surface area contributed by atoms with E-state index in [4.69, 9.17) is 15.4 Å². The van der Waals surface area contributed by atoms with Gasteiger partial charge in [-0.3, -0.25) is 0 Å². The Kier molecular flexibility index (Phi) is 6.29. The van der Waals surface area contributed by atoms with Crippen molar-refractivity contribution in [3.8, 4) is 0 Å². The molecular formula is C12H21ClN2O3S. The Morgan fingerprint density at radius 1 is 1.42 bits per heavy atom. The third kappa shape index (κ3) is 5.12. The molecule has 0 aliphatic heterocycles. The molecule has 0 fully saturated rings. The minimum Gasteiger partial charge on any atom is -0.380 e. The summed E-state index contributed by atoms with van der Waals surface area (Å²) in [7, 11) is 1.54. The Balaban J connectivity index is 2.73. The van der Waals surface area contributed by atoms with Crippen molar-refractivity contribution in [3.05, 3.63) is 12.0 Å². The van der Waals surface area contributed by atoms with Crippen LogP contribution in [0.5, 0.6) is 0 Å². The summed E-state index contributed by atoms with van der Waals surface area (Å²) < 4.78 is 29.9. The van der Waals surface area contributed by atoms with Gasteiger partial charge in [-0.25, -0.2) is 13.4 Å². The van der Waals surface area contributed by atoms with E-state index in [0.29, 0.717) is 19.0 Å². The maximum absolute atomic E-state index is 11.3. The SMILES string of the molecule is CCCCOCCn1cc(S(=O)(=O)Cl)nc1C(C)C. The van der Waals surface area contributed by atoms with Crippen molar-refractivity contribution in [2.24, 2.45) is 0 Å². The van der Waals surface area contributed by atoms with Gasteiger partial charge >= 0.3 is 0 Å². The molecule has 0 aliphatic rings. The topological polar surface area (TPSA) is 61.2 Å². The van der Waals surface area contributed by atoms with E-state index < -0.39 is 9.05 Å². The molecule has 19 heavy (non-hydrogen) atoms. The van der Waals surface area contributed by atoms with E-state index in [9.17, 15) is 8.42 Å². The van der Waals surface area contributed by atoms with Crippen LogP contribution in [0.25, 0.3) is 0 Å². The molecule has 1 aromatic heterocycles. The van der Waals surface area contributed by atoms with Gasteiger partial charge in [0.1, 0.15) is 5.82 Å². The zero-order valence-electron chi connectivity index (χ0n) is 11.6. The van der Waals surface area contributed by atoms with Crippen LogP contribution in [0.2, 0.25) is 0 Å². The van der Waals surface area contributed by atoms with Crippen LogP contribution in [0, 0.1) is 0 Å². The van der Waals surface area contributed by atoms with Crippen LogP contribution in [0.15, 0.2) is 11.2 Å². The van der Waals surface area contributed by atoms with E-state index in [1.54, 1.807) is 4.57 Å². The molecule has 0 spiro atoms. The average molecular weight is 309 g/mol. The number of imidazole rings is 1. The molecular weight excluding hydrogens is 288 g/mol. The van der Waals surface area contributed by atoms with Gasteiger partial charge in [-0.15, -0.1) is 0 Å². The molecule has 0 aliphatic carbocycles. The molecule has 1 aromatic rings. The Hall–Kier alpha value is -0.590. The Morgan fingerprint density at radius 2 is 2.11 bits per heavy atom. The van der Waals surface area contributed by atoms with E-state index in [0.717, 1.165) is 19.4 Å². The van der Waals surface area contributed by atoms with Crippen molar-refractivity contribution in [1.82, 2.24) is 9.55 Å². The molecule has 0 atom stereocenters. The van der Waals surface area contributed by atoms with Crippen molar-refractivity contribution in [1.29, 1.82) is 0 Å². The smallest absolute Gasteiger partial charge is 0.280 e. The molecule has 7 heteroatoms. The van der Waals surface area contributed by atoms with E-state index in [-0.39, 0.29) is 10.9 Å². The first-order valence-electron chi connectivity index (χ1n) is 6.45. The second-order valence-electron chi connectivity index (χ2n) is 4.69. The van der Waals surface area contributed by atoms with Crippen LogP contribution in [0.1, 0.15) is 45.4 Å². The lowest BCUT2D eigenvalue weighted by atomic mass is 10.2. The van der Waals surface area contributed by atoms with Crippen LogP contribution < -0.4 is 0 Å². The van der Waals surface area contributed by atoms with E-state index in [1.165, 1.54) is 6.20 Å². The number of hydrogen-bond donors (Lipinski definition) is 0. The molecule has 0 aromatic carbocycles. The number of nitrogens with zero attached hydrogens (tertiary/aromatic N) is 2. The molecule has 0 N–H and O–H groups in total. The monoisotopic (exact) mass is 308 g/mol. The lowest BCUT2D eigenvalue weighted by Gasteiger charge is -2.10. The first-order chi connectivity index (χ1) is 8.86. The van der Waals surface area contributed by atoms with Gasteiger partial charge in [0.25, 0.3) is 9.05 Å². The van der Waals surface area contributed by atoms with Gasteiger partial charge in [0.15, 0.2) is 5.03 Å². The summed E-state index contributed by atoms with van der Waals surface area (Å²) in [4.78, 5) is 4.08. The van der Waals surface area contributed by atoms with E-state index in [1.807, 2.05) is 13.8 Å². The van der Waals surface area contributed by atoms with Gasteiger partial charge in [-0.05, 0) is 6.42 Å². The van der Waals surface area contributed by atoms with Crippen LogP contribution >= 0.6 is 10.7 Å². The van der Waals surface area contributed by atoms with Crippen molar-refractivity contribution in [2.75, 3.05) is 13.2 Å². The molecule has 0 saturated heterocycles. The molecule has 5 nitrogen and oxygen atoms in total. The highest BCUT2D eigenvalue weighted by Gasteiger charge is 2.19. The number of ether oxygens (including phenoxy) is 1. The first kappa shape index (κ1) is 16.5. The molecule has 1 heterocycles. The lowest BCUT2D eigenvalue weighted by Crippen LogP contribution is -2.10. The molecule has 1 rings (SSSR count). The summed E-state index contributed by atoms with van der Waals surface area (Å²) in [6.07, 6.45) is 3.60. The predicted molar refractivity (Wildman–Crippen MR) is 75.1 cm³/mol. The molecule has 0 saturated carbocycles. The zero-order valence-corrected chi connectivity index (χ0v) is 13.2. The second kappa shape index (κ2) is 7.26. The Morgan fingerprint density at radius 3 is 2.63 bits per heavy atom. The standard InChI is InChI=1S/C12H21ClN2O3S/c1-4-5-7-18-8-6-15-9-11(19(13,16)17)14-12(15)10(2)3/h9-10H,4-8H2,1-3H3. The fraction of sp³-hybridized carbons (Fsp3) is 0.750. The maximum atomic E-state index is 11.3. The van der Waals surface area contributed by atoms with Crippen LogP contribution in [-0.2, 0) is 20.3 Å². The van der Waals surface area contributed by atoms with Crippen molar-refractivity contribution < 1.29 is 13.2 Å². The third-order valence-electron chi connectivity index (χ3n) is 2.67. The quantitative estimate of drug-likeness (QED) is 0.547. The zero-order chi connectivity index (χ0) is 14.5. The summed E-state index contributed by atoms with van der Waals surface area (Å²) in [5, 5.41) is -0.0913. The summed E-state index contributed by atoms with van der Waals surface area (Å²) >= 11 is 0. The summed E-state index contributed by atoms with van der Waals surface area (Å²) in [5.41, 5.74) is 0. The molecule has 0 bridgehead atoms. The van der Waals surface area contributed by atoms with Gasteiger partial charge in [-0.1, -0.05) is 27.2 Å². The number of unbranched alkanes of at least 4 members (excludes halogenated alkanes) is 1. The average Bonchev–Trinajstić information content (AvgIpc) is 2.72. The van der Waals surface area contributed by atoms with Gasteiger partial charge in [0, 0.05) is 35.9 Å².